The van der Waals surface area contributed by atoms with Gasteiger partial charge in [-0.25, -0.2) is 0 Å². The number of fused-ring (bicyclic) bond motifs is 3. The summed E-state index contributed by atoms with van der Waals surface area (Å²) in [4.78, 5) is 45.8. The summed E-state index contributed by atoms with van der Waals surface area (Å²) in [5, 5.41) is 5.38. The van der Waals surface area contributed by atoms with Crippen molar-refractivity contribution < 1.29 is 28.6 Å². The predicted molar refractivity (Wildman–Crippen MR) is 159 cm³/mol. The molecule has 2 N–H and O–H groups in total. The second-order valence-electron chi connectivity index (χ2n) is 11.9. The Labute approximate surface area is 242 Å². The topological polar surface area (TPSA) is 119 Å². The van der Waals surface area contributed by atoms with Crippen molar-refractivity contribution in [2.75, 3.05) is 25.1 Å². The molecule has 4 heterocycles. The number of carbonyl (C=O) groups is 3. The summed E-state index contributed by atoms with van der Waals surface area (Å²) in [5.41, 5.74) is 2.49. The fourth-order valence-electron chi connectivity index (χ4n) is 5.38. The number of aromatic nitrogens is 1. The molecule has 1 aromatic rings. The molecule has 4 atom stereocenters. The van der Waals surface area contributed by atoms with Gasteiger partial charge in [0.15, 0.2) is 0 Å². The van der Waals surface area contributed by atoms with Crippen LogP contribution in [0.25, 0.3) is 6.08 Å². The van der Waals surface area contributed by atoms with Crippen molar-refractivity contribution in [3.8, 4) is 5.75 Å². The Kier molecular flexibility index (Phi) is 7.79. The van der Waals surface area contributed by atoms with Crippen LogP contribution in [0.1, 0.15) is 73.8 Å². The summed E-state index contributed by atoms with van der Waals surface area (Å²) in [7, 11) is 3.30. The van der Waals surface area contributed by atoms with Crippen LogP contribution in [-0.2, 0) is 19.1 Å². The van der Waals surface area contributed by atoms with Crippen LogP contribution in [0.15, 0.2) is 22.2 Å². The summed E-state index contributed by atoms with van der Waals surface area (Å²) >= 11 is -1.36. The third-order valence-corrected chi connectivity index (χ3v) is 13.3. The van der Waals surface area contributed by atoms with Crippen molar-refractivity contribution in [1.29, 1.82) is 0 Å². The van der Waals surface area contributed by atoms with E-state index in [1.165, 1.54) is 4.90 Å². The third-order valence-electron chi connectivity index (χ3n) is 7.61. The van der Waals surface area contributed by atoms with Gasteiger partial charge in [0, 0.05) is 0 Å². The standard InChI is InChI=1S/C29H39IN4O6/c1-15(2)39-28(37)33-25(29(3,4)5)27(36)34-14-17(10-21(34)26(35)31-6)40-22-11-19(16-8-9-16)32-20-12-23(38-7)30-13-18(30)24(20)22/h11-12,16-18,21,25H,1,8-10,13-14H2,2-7H3,(H,31,35)(H,33,37)/t17-,18?,21+,25-/m1/s1. The Hall–Kier alpha value is -2.83. The maximum atomic E-state index is 13.9. The molecular formula is C29H39IN4O6. The Morgan fingerprint density at radius 1 is 1.25 bits per heavy atom. The number of halogens is 1. The molecule has 0 bridgehead atoms. The number of pyridine rings is 1. The number of ether oxygens (including phenoxy) is 3. The Balaban J connectivity index is 1.41. The van der Waals surface area contributed by atoms with Gasteiger partial charge in [0.1, 0.15) is 0 Å². The van der Waals surface area contributed by atoms with Gasteiger partial charge < -0.3 is 0 Å². The van der Waals surface area contributed by atoms with E-state index in [0.29, 0.717) is 16.3 Å². The van der Waals surface area contributed by atoms with Crippen molar-refractivity contribution in [1.82, 2.24) is 20.5 Å². The van der Waals surface area contributed by atoms with Crippen molar-refractivity contribution in [2.24, 2.45) is 5.41 Å². The molecule has 3 amide bonds. The molecule has 1 unspecified atom stereocenters. The van der Waals surface area contributed by atoms with Gasteiger partial charge in [-0.2, -0.15) is 0 Å². The number of hydrogen-bond donors (Lipinski definition) is 2. The van der Waals surface area contributed by atoms with Crippen LogP contribution in [0.3, 0.4) is 0 Å². The van der Waals surface area contributed by atoms with Gasteiger partial charge in [0.25, 0.3) is 0 Å². The maximum absolute atomic E-state index is 13.9. The second kappa shape index (κ2) is 10.9. The summed E-state index contributed by atoms with van der Waals surface area (Å²) in [6.07, 6.45) is 3.54. The molecule has 218 valence electrons. The van der Waals surface area contributed by atoms with Gasteiger partial charge >= 0.3 is 224 Å². The van der Waals surface area contributed by atoms with Gasteiger partial charge in [-0.15, -0.1) is 0 Å². The second-order valence-corrected chi connectivity index (χ2v) is 17.6. The van der Waals surface area contributed by atoms with E-state index in [4.69, 9.17) is 19.2 Å². The van der Waals surface area contributed by atoms with E-state index in [9.17, 15) is 14.4 Å². The summed E-state index contributed by atoms with van der Waals surface area (Å²) in [6, 6.07) is 0.439. The molecule has 1 saturated carbocycles. The molecule has 0 aromatic carbocycles. The molecule has 11 heteroatoms. The number of rotatable bonds is 8. The monoisotopic (exact) mass is 666 g/mol. The van der Waals surface area contributed by atoms with E-state index in [2.05, 4.69) is 29.4 Å². The summed E-state index contributed by atoms with van der Waals surface area (Å²) in [5.74, 6) is 0.865. The van der Waals surface area contributed by atoms with E-state index in [1.54, 1.807) is 21.1 Å². The Bertz CT molecular complexity index is 1270. The van der Waals surface area contributed by atoms with E-state index >= 15 is 0 Å². The van der Waals surface area contributed by atoms with Crippen molar-refractivity contribution in [2.45, 2.75) is 75.0 Å². The Morgan fingerprint density at radius 3 is 2.58 bits per heavy atom. The quantitative estimate of drug-likeness (QED) is 0.242. The molecule has 1 aromatic heterocycles. The van der Waals surface area contributed by atoms with Crippen LogP contribution in [0.4, 0.5) is 4.79 Å². The van der Waals surface area contributed by atoms with Gasteiger partial charge in [-0.05, 0) is 6.92 Å². The number of amides is 3. The third kappa shape index (κ3) is 5.80. The number of likely N-dealkylation sites (tertiary alicyclic amines) is 1. The average molecular weight is 667 g/mol. The molecule has 0 radical (unpaired) electrons. The van der Waals surface area contributed by atoms with Crippen LogP contribution in [0.2, 0.25) is 0 Å². The fraction of sp³-hybridized carbons (Fsp3) is 0.586. The first-order valence-corrected chi connectivity index (χ1v) is 17.5. The van der Waals surface area contributed by atoms with E-state index < -0.39 is 43.4 Å². The minimum atomic E-state index is -1.36. The van der Waals surface area contributed by atoms with Crippen LogP contribution >= 0.6 is 19.8 Å². The van der Waals surface area contributed by atoms with Crippen molar-refractivity contribution >= 4 is 43.8 Å². The molecule has 4 aliphatic rings. The molecule has 2 saturated heterocycles. The number of nitrogens with one attached hydrogen (secondary N) is 2. The first-order valence-electron chi connectivity index (χ1n) is 13.7. The van der Waals surface area contributed by atoms with Crippen molar-refractivity contribution in [3.05, 3.63) is 39.1 Å². The number of nitrogens with zero attached hydrogens (tertiary/aromatic N) is 2. The number of alkyl carbamates (subject to hydrolysis) is 1. The number of methoxy groups -OCH3 is 1. The molecule has 3 fully saturated rings. The molecular weight excluding hydrogens is 627 g/mol. The van der Waals surface area contributed by atoms with E-state index in [0.717, 1.165) is 43.7 Å². The van der Waals surface area contributed by atoms with Gasteiger partial charge in [-0.3, -0.25) is 0 Å². The minimum absolute atomic E-state index is 0.218. The number of likely N-dealkylation sites (N-methyl/N-ethyl adjacent to an activating group) is 1. The Morgan fingerprint density at radius 2 is 1.98 bits per heavy atom. The molecule has 1 aliphatic carbocycles. The first kappa shape index (κ1) is 28.7. The van der Waals surface area contributed by atoms with Crippen LogP contribution in [0, 0.1) is 5.41 Å². The molecule has 10 nitrogen and oxygen atoms in total. The molecule has 40 heavy (non-hydrogen) atoms. The molecule has 0 spiro atoms. The van der Waals surface area contributed by atoms with Crippen molar-refractivity contribution in [3.63, 3.8) is 0 Å². The zero-order valence-electron chi connectivity index (χ0n) is 24.0. The number of hydrogen-bond acceptors (Lipinski definition) is 7. The fourth-order valence-corrected chi connectivity index (χ4v) is 11.4. The number of allylic oxidation sites excluding steroid dienone is 1. The normalized spacial score (nSPS) is 24.6. The zero-order valence-corrected chi connectivity index (χ0v) is 26.2. The molecule has 3 aliphatic heterocycles. The van der Waals surface area contributed by atoms with Crippen LogP contribution in [-0.4, -0.2) is 71.1 Å². The SMILES string of the molecule is C=C(C)OC(=O)N[C@H](C(=O)N1C[C@H](Oc2cc(C3CC3)nc3c2C2CI2C(OC)=C3)C[C@H]1C(=O)NC)C(C)(C)C. The van der Waals surface area contributed by atoms with Gasteiger partial charge in [0.05, 0.1) is 5.76 Å². The number of alkyl halides is 2. The van der Waals surface area contributed by atoms with Gasteiger partial charge in [0.2, 0.25) is 0 Å². The summed E-state index contributed by atoms with van der Waals surface area (Å²) < 4.78 is 20.2. The zero-order chi connectivity index (χ0) is 28.9. The number of carbonyl (C=O) groups excluding carboxylic acids is 3. The molecule has 5 rings (SSSR count). The van der Waals surface area contributed by atoms with Crippen LogP contribution < -0.4 is 15.4 Å². The predicted octanol–water partition coefficient (Wildman–Crippen LogP) is 4.25. The van der Waals surface area contributed by atoms with Crippen LogP contribution in [0.5, 0.6) is 5.75 Å². The van der Waals surface area contributed by atoms with E-state index in [1.807, 2.05) is 20.8 Å². The van der Waals surface area contributed by atoms with Gasteiger partial charge in [-0.1, -0.05) is 6.58 Å². The summed E-state index contributed by atoms with van der Waals surface area (Å²) in [6.45, 7) is 10.9. The van der Waals surface area contributed by atoms with E-state index in [-0.39, 0.29) is 30.2 Å². The first-order chi connectivity index (χ1) is 18.9. The average Bonchev–Trinajstić information content (AvgIpc) is 3.81.